The lowest BCUT2D eigenvalue weighted by Gasteiger charge is -2.47. The number of carbonyl (C=O) groups excluding carboxylic acids is 2. The molecule has 0 radical (unpaired) electrons. The highest BCUT2D eigenvalue weighted by Gasteiger charge is 2.46. The highest BCUT2D eigenvalue weighted by molar-refractivity contribution is 6.30. The van der Waals surface area contributed by atoms with E-state index in [4.69, 9.17) is 16.3 Å². The van der Waals surface area contributed by atoms with Gasteiger partial charge in [-0.15, -0.1) is 0 Å². The van der Waals surface area contributed by atoms with Crippen LogP contribution in [0.15, 0.2) is 47.6 Å². The lowest BCUT2D eigenvalue weighted by atomic mass is 9.86. The maximum Gasteiger partial charge on any atom is 0.275 e. The second kappa shape index (κ2) is 9.18. The maximum absolute atomic E-state index is 14.2. The fourth-order valence-electron chi connectivity index (χ4n) is 4.54. The van der Waals surface area contributed by atoms with E-state index in [0.29, 0.717) is 0 Å². The molecule has 2 N–H and O–H groups in total. The number of ether oxygens (including phenoxy) is 1. The number of benzene rings is 1. The van der Waals surface area contributed by atoms with E-state index in [1.807, 2.05) is 19.1 Å². The molecule has 3 atom stereocenters. The molecule has 8 nitrogen and oxygen atoms in total. The van der Waals surface area contributed by atoms with Crippen molar-refractivity contribution in [2.24, 2.45) is 5.92 Å². The first-order chi connectivity index (χ1) is 16.6. The molecule has 35 heavy (non-hydrogen) atoms. The number of aromatic hydroxyl groups is 1. The summed E-state index contributed by atoms with van der Waals surface area (Å²) in [5, 5.41) is 12.3. The molecular weight excluding hydrogens is 484 g/mol. The van der Waals surface area contributed by atoms with E-state index in [2.05, 4.69) is 11.9 Å². The highest BCUT2D eigenvalue weighted by Crippen LogP contribution is 2.39. The van der Waals surface area contributed by atoms with Gasteiger partial charge >= 0.3 is 0 Å². The van der Waals surface area contributed by atoms with Crippen LogP contribution in [-0.2, 0) is 11.3 Å². The number of fused-ring (bicyclic) bond motifs is 2. The quantitative estimate of drug-likeness (QED) is 0.369. The number of amides is 2. The minimum Gasteiger partial charge on any atom is -0.503 e. The number of nitrogens with one attached hydrogen (secondary N) is 1. The summed E-state index contributed by atoms with van der Waals surface area (Å²) in [5.41, 5.74) is -1.94. The average Bonchev–Trinajstić information content (AvgIpc) is 2.84. The second-order valence-corrected chi connectivity index (χ2v) is 8.72. The maximum atomic E-state index is 14.2. The van der Waals surface area contributed by atoms with Gasteiger partial charge in [0.15, 0.2) is 11.4 Å². The number of methoxy groups -OCH3 is 1. The summed E-state index contributed by atoms with van der Waals surface area (Å²) >= 11 is 5.57. The molecule has 4 rings (SSSR count). The Bertz CT molecular complexity index is 1340. The topological polar surface area (TPSA) is 101 Å². The number of carbonyl (C=O) groups is 2. The van der Waals surface area contributed by atoms with E-state index in [1.54, 1.807) is 0 Å². The van der Waals surface area contributed by atoms with Crippen molar-refractivity contribution in [2.75, 3.05) is 13.7 Å². The van der Waals surface area contributed by atoms with Gasteiger partial charge in [-0.05, 0) is 12.0 Å². The van der Waals surface area contributed by atoms with Crippen LogP contribution in [0, 0.1) is 17.6 Å². The summed E-state index contributed by atoms with van der Waals surface area (Å²) in [5.74, 6) is -4.26. The van der Waals surface area contributed by atoms with Gasteiger partial charge in [-0.1, -0.05) is 43.3 Å². The first-order valence-electron chi connectivity index (χ1n) is 10.7. The number of rotatable bonds is 5. The van der Waals surface area contributed by atoms with Crippen LogP contribution < -0.4 is 10.7 Å². The molecule has 3 heterocycles. The zero-order valence-corrected chi connectivity index (χ0v) is 19.6. The predicted octanol–water partition coefficient (Wildman–Crippen LogP) is 3.15. The molecule has 1 aromatic carbocycles. The minimum absolute atomic E-state index is 0.105. The van der Waals surface area contributed by atoms with Crippen molar-refractivity contribution >= 4 is 23.4 Å². The lowest BCUT2D eigenvalue weighted by Crippen LogP contribution is -2.56. The van der Waals surface area contributed by atoms with Gasteiger partial charge in [0.1, 0.15) is 34.0 Å². The largest absolute Gasteiger partial charge is 0.503 e. The molecule has 2 aliphatic heterocycles. The first kappa shape index (κ1) is 24.5. The summed E-state index contributed by atoms with van der Waals surface area (Å²) in [6, 6.07) is 0.905. The van der Waals surface area contributed by atoms with Gasteiger partial charge in [0, 0.05) is 24.8 Å². The molecule has 0 fully saturated rings. The van der Waals surface area contributed by atoms with Gasteiger partial charge < -0.3 is 24.6 Å². The third-order valence-corrected chi connectivity index (χ3v) is 6.68. The number of hydrogen-bond donors (Lipinski definition) is 2. The van der Waals surface area contributed by atoms with Crippen LogP contribution in [0.4, 0.5) is 8.78 Å². The predicted molar refractivity (Wildman–Crippen MR) is 123 cm³/mol. The van der Waals surface area contributed by atoms with Crippen LogP contribution in [-0.4, -0.2) is 46.1 Å². The molecule has 1 unspecified atom stereocenters. The Morgan fingerprint density at radius 1 is 1.34 bits per heavy atom. The fourth-order valence-corrected chi connectivity index (χ4v) is 4.72. The van der Waals surface area contributed by atoms with Crippen LogP contribution in [0.5, 0.6) is 5.75 Å². The highest BCUT2D eigenvalue weighted by atomic mass is 35.5. The third kappa shape index (κ3) is 3.97. The first-order valence-corrected chi connectivity index (χ1v) is 11.0. The van der Waals surface area contributed by atoms with Crippen molar-refractivity contribution in [1.82, 2.24) is 14.8 Å². The van der Waals surface area contributed by atoms with Crippen molar-refractivity contribution in [3.8, 4) is 5.75 Å². The number of nitrogens with zero attached hydrogens (tertiary/aromatic N) is 2. The lowest BCUT2D eigenvalue weighted by molar-refractivity contribution is 0.0424. The third-order valence-electron chi connectivity index (χ3n) is 6.33. The minimum atomic E-state index is -1.07. The Kier molecular flexibility index (Phi) is 6.42. The van der Waals surface area contributed by atoms with Crippen LogP contribution in [0.25, 0.3) is 0 Å². The van der Waals surface area contributed by atoms with Gasteiger partial charge in [-0.3, -0.25) is 14.4 Å². The normalized spacial score (nSPS) is 20.8. The summed E-state index contributed by atoms with van der Waals surface area (Å²) < 4.78 is 34.3. The molecule has 0 saturated carbocycles. The SMILES string of the molecule is C=C(OC)[C@H]1C2[C@H](C)C=CCN2C(=O)c2c(O)c(=O)c(C(=O)NCc3ccc(F)c(Cl)c3F)cn21. The number of aromatic nitrogens is 1. The smallest absolute Gasteiger partial charge is 0.275 e. The molecule has 11 heteroatoms. The summed E-state index contributed by atoms with van der Waals surface area (Å²) in [4.78, 5) is 40.5. The molecule has 1 aromatic heterocycles. The molecule has 0 spiro atoms. The molecular formula is C24H22ClF2N3O5. The summed E-state index contributed by atoms with van der Waals surface area (Å²) in [6.45, 7) is 5.69. The zero-order valence-electron chi connectivity index (χ0n) is 18.8. The Labute approximate surface area is 204 Å². The molecule has 0 aliphatic carbocycles. The monoisotopic (exact) mass is 505 g/mol. The standard InChI is InChI=1S/C24H22ClF2N3O5/c1-11-5-4-8-29-18(11)19(12(2)35-3)30-10-14(21(31)22(32)20(30)24(29)34)23(33)28-9-13-6-7-15(26)16(25)17(13)27/h4-7,10-11,18-19,32H,2,8-9H2,1,3H3,(H,28,33)/t11-,18?,19+/m1/s1. The van der Waals surface area contributed by atoms with Crippen LogP contribution >= 0.6 is 11.6 Å². The second-order valence-electron chi connectivity index (χ2n) is 8.34. The molecule has 184 valence electrons. The molecule has 2 amide bonds. The number of hydrogen-bond acceptors (Lipinski definition) is 5. The van der Waals surface area contributed by atoms with Gasteiger partial charge in [0.25, 0.3) is 11.8 Å². The number of pyridine rings is 1. The van der Waals surface area contributed by atoms with Crippen molar-refractivity contribution in [2.45, 2.75) is 25.6 Å². The zero-order chi connectivity index (χ0) is 25.6. The van der Waals surface area contributed by atoms with E-state index >= 15 is 0 Å². The Morgan fingerprint density at radius 3 is 2.74 bits per heavy atom. The summed E-state index contributed by atoms with van der Waals surface area (Å²) in [6.07, 6.45) is 4.92. The van der Waals surface area contributed by atoms with Crippen LogP contribution in [0.1, 0.15) is 39.4 Å². The van der Waals surface area contributed by atoms with Gasteiger partial charge in [0.05, 0.1) is 13.2 Å². The molecule has 0 bridgehead atoms. The van der Waals surface area contributed by atoms with Crippen LogP contribution in [0.3, 0.4) is 0 Å². The van der Waals surface area contributed by atoms with E-state index < -0.39 is 63.8 Å². The summed E-state index contributed by atoms with van der Waals surface area (Å²) in [7, 11) is 1.41. The van der Waals surface area contributed by atoms with E-state index in [9.17, 15) is 28.3 Å². The Hall–Kier alpha value is -3.66. The average molecular weight is 506 g/mol. The van der Waals surface area contributed by atoms with E-state index in [0.717, 1.165) is 18.3 Å². The van der Waals surface area contributed by atoms with Gasteiger partial charge in [-0.25, -0.2) is 8.78 Å². The van der Waals surface area contributed by atoms with Gasteiger partial charge in [-0.2, -0.15) is 0 Å². The molecule has 0 saturated heterocycles. The molecule has 2 aromatic rings. The van der Waals surface area contributed by atoms with Crippen molar-refractivity contribution < 1.29 is 28.2 Å². The Morgan fingerprint density at radius 2 is 2.06 bits per heavy atom. The van der Waals surface area contributed by atoms with E-state index in [1.165, 1.54) is 16.6 Å². The van der Waals surface area contributed by atoms with Crippen molar-refractivity contribution in [3.05, 3.63) is 86.5 Å². The van der Waals surface area contributed by atoms with Crippen LogP contribution in [0.2, 0.25) is 5.02 Å². The molecule has 2 aliphatic rings. The fraction of sp³-hybridized carbons (Fsp3) is 0.292. The van der Waals surface area contributed by atoms with Crippen molar-refractivity contribution in [3.63, 3.8) is 0 Å². The van der Waals surface area contributed by atoms with E-state index in [-0.39, 0.29) is 29.5 Å². The van der Waals surface area contributed by atoms with Gasteiger partial charge in [0.2, 0.25) is 5.43 Å². The van der Waals surface area contributed by atoms with Crippen molar-refractivity contribution in [1.29, 1.82) is 0 Å². The number of halogens is 3. The Balaban J connectivity index is 1.76.